The van der Waals surface area contributed by atoms with Crippen LogP contribution in [0.3, 0.4) is 0 Å². The molecule has 1 atom stereocenters. The fraction of sp³-hybridized carbons (Fsp3) is 0.381. The number of benzene rings is 2. The first-order valence-corrected chi connectivity index (χ1v) is 9.58. The van der Waals surface area contributed by atoms with Crippen molar-refractivity contribution in [3.63, 3.8) is 0 Å². The lowest BCUT2D eigenvalue weighted by molar-refractivity contribution is -0.123. The topological polar surface area (TPSA) is 50.8 Å². The molecular formula is C21H25ClN2O3. The maximum absolute atomic E-state index is 12.3. The molecule has 1 heterocycles. The Labute approximate surface area is 165 Å². The maximum Gasteiger partial charge on any atom is 0.258 e. The molecule has 2 aromatic carbocycles. The highest BCUT2D eigenvalue weighted by Gasteiger charge is 2.25. The number of likely N-dealkylation sites (tertiary alicyclic amines) is 1. The molecule has 0 saturated carbocycles. The van der Waals surface area contributed by atoms with Crippen LogP contribution < -0.4 is 14.8 Å². The fourth-order valence-corrected chi connectivity index (χ4v) is 3.64. The van der Waals surface area contributed by atoms with E-state index in [4.69, 9.17) is 21.1 Å². The summed E-state index contributed by atoms with van der Waals surface area (Å²) in [6.45, 7) is 2.47. The van der Waals surface area contributed by atoms with Gasteiger partial charge in [0.2, 0.25) is 0 Å². The van der Waals surface area contributed by atoms with Crippen molar-refractivity contribution >= 4 is 17.5 Å². The van der Waals surface area contributed by atoms with Gasteiger partial charge in [0.1, 0.15) is 0 Å². The van der Waals surface area contributed by atoms with Gasteiger partial charge < -0.3 is 14.8 Å². The van der Waals surface area contributed by atoms with Gasteiger partial charge in [0.15, 0.2) is 18.1 Å². The summed E-state index contributed by atoms with van der Waals surface area (Å²) >= 11 is 6.41. The molecule has 5 nitrogen and oxygen atoms in total. The van der Waals surface area contributed by atoms with Gasteiger partial charge in [0, 0.05) is 11.6 Å². The van der Waals surface area contributed by atoms with Gasteiger partial charge in [-0.2, -0.15) is 0 Å². The first-order chi connectivity index (χ1) is 13.2. The Bertz CT molecular complexity index is 763. The SMILES string of the molecule is COc1ccccc1OCC(=O)NCC(c1ccccc1Cl)N1CCCC1. The number of halogens is 1. The van der Waals surface area contributed by atoms with Gasteiger partial charge >= 0.3 is 0 Å². The molecule has 1 aliphatic rings. The zero-order valence-corrected chi connectivity index (χ0v) is 16.2. The van der Waals surface area contributed by atoms with E-state index in [-0.39, 0.29) is 18.6 Å². The zero-order chi connectivity index (χ0) is 19.1. The molecule has 1 saturated heterocycles. The second-order valence-corrected chi connectivity index (χ2v) is 6.93. The standard InChI is InChI=1S/C21H25ClN2O3/c1-26-19-10-4-5-11-20(19)27-15-21(25)23-14-18(24-12-6-7-13-24)16-8-2-3-9-17(16)22/h2-5,8-11,18H,6-7,12-15H2,1H3,(H,23,25). The summed E-state index contributed by atoms with van der Waals surface area (Å²) in [4.78, 5) is 14.7. The van der Waals surface area contributed by atoms with Crippen LogP contribution in [-0.2, 0) is 4.79 Å². The van der Waals surface area contributed by atoms with Crippen LogP contribution in [0.25, 0.3) is 0 Å². The summed E-state index contributed by atoms with van der Waals surface area (Å²) in [5, 5.41) is 3.72. The van der Waals surface area contributed by atoms with E-state index in [9.17, 15) is 4.79 Å². The third-order valence-electron chi connectivity index (χ3n) is 4.77. The van der Waals surface area contributed by atoms with Crippen LogP contribution in [0.1, 0.15) is 24.4 Å². The Morgan fingerprint density at radius 2 is 1.78 bits per heavy atom. The molecule has 144 valence electrons. The van der Waals surface area contributed by atoms with Crippen LogP contribution in [0.5, 0.6) is 11.5 Å². The molecular weight excluding hydrogens is 364 g/mol. The molecule has 6 heteroatoms. The van der Waals surface area contributed by atoms with Crippen LogP contribution in [-0.4, -0.2) is 44.2 Å². The van der Waals surface area contributed by atoms with Gasteiger partial charge in [0.05, 0.1) is 13.2 Å². The Morgan fingerprint density at radius 3 is 2.48 bits per heavy atom. The quantitative estimate of drug-likeness (QED) is 0.749. The first-order valence-electron chi connectivity index (χ1n) is 9.20. The third kappa shape index (κ3) is 5.15. The highest BCUT2D eigenvalue weighted by atomic mass is 35.5. The molecule has 0 aliphatic carbocycles. The van der Waals surface area contributed by atoms with Crippen molar-refractivity contribution < 1.29 is 14.3 Å². The van der Waals surface area contributed by atoms with E-state index in [1.165, 1.54) is 12.8 Å². The predicted molar refractivity (Wildman–Crippen MR) is 106 cm³/mol. The predicted octanol–water partition coefficient (Wildman–Crippen LogP) is 3.68. The van der Waals surface area contributed by atoms with E-state index in [1.807, 2.05) is 36.4 Å². The molecule has 27 heavy (non-hydrogen) atoms. The zero-order valence-electron chi connectivity index (χ0n) is 15.5. The molecule has 0 bridgehead atoms. The minimum atomic E-state index is -0.169. The number of carbonyl (C=O) groups excluding carboxylic acids is 1. The number of hydrogen-bond donors (Lipinski definition) is 1. The number of nitrogens with zero attached hydrogens (tertiary/aromatic N) is 1. The minimum Gasteiger partial charge on any atom is -0.493 e. The second kappa shape index (κ2) is 9.62. The molecule has 1 N–H and O–H groups in total. The number of rotatable bonds is 8. The summed E-state index contributed by atoms with van der Waals surface area (Å²) < 4.78 is 10.8. The smallest absolute Gasteiger partial charge is 0.258 e. The average molecular weight is 389 g/mol. The van der Waals surface area contributed by atoms with Gasteiger partial charge in [-0.15, -0.1) is 0 Å². The van der Waals surface area contributed by atoms with Gasteiger partial charge in [-0.1, -0.05) is 41.9 Å². The summed E-state index contributed by atoms with van der Waals surface area (Å²) in [6.07, 6.45) is 2.34. The summed E-state index contributed by atoms with van der Waals surface area (Å²) in [5.41, 5.74) is 1.05. The summed E-state index contributed by atoms with van der Waals surface area (Å²) in [5.74, 6) is 0.991. The second-order valence-electron chi connectivity index (χ2n) is 6.52. The van der Waals surface area contributed by atoms with Crippen molar-refractivity contribution in [1.29, 1.82) is 0 Å². The van der Waals surface area contributed by atoms with Crippen molar-refractivity contribution in [3.05, 3.63) is 59.1 Å². The molecule has 2 aromatic rings. The number of amides is 1. The molecule has 0 aromatic heterocycles. The van der Waals surface area contributed by atoms with E-state index in [1.54, 1.807) is 19.2 Å². The number of carbonyl (C=O) groups is 1. The number of ether oxygens (including phenoxy) is 2. The first kappa shape index (κ1) is 19.5. The molecule has 1 aliphatic heterocycles. The van der Waals surface area contributed by atoms with E-state index in [0.717, 1.165) is 23.7 Å². The summed E-state index contributed by atoms with van der Waals surface area (Å²) in [7, 11) is 1.58. The van der Waals surface area contributed by atoms with Crippen LogP contribution in [0.15, 0.2) is 48.5 Å². The van der Waals surface area contributed by atoms with E-state index in [0.29, 0.717) is 18.0 Å². The van der Waals surface area contributed by atoms with Crippen molar-refractivity contribution in [2.24, 2.45) is 0 Å². The Balaban J connectivity index is 1.60. The fourth-order valence-electron chi connectivity index (χ4n) is 3.38. The van der Waals surface area contributed by atoms with Crippen LogP contribution in [0.4, 0.5) is 0 Å². The Kier molecular flexibility index (Phi) is 6.96. The van der Waals surface area contributed by atoms with Gasteiger partial charge in [-0.3, -0.25) is 9.69 Å². The molecule has 1 unspecified atom stereocenters. The number of para-hydroxylation sites is 2. The van der Waals surface area contributed by atoms with Crippen molar-refractivity contribution in [1.82, 2.24) is 10.2 Å². The van der Waals surface area contributed by atoms with Gasteiger partial charge in [-0.25, -0.2) is 0 Å². The lowest BCUT2D eigenvalue weighted by Gasteiger charge is -2.29. The number of methoxy groups -OCH3 is 1. The normalized spacial score (nSPS) is 15.3. The van der Waals surface area contributed by atoms with Crippen LogP contribution >= 0.6 is 11.6 Å². The molecule has 1 fully saturated rings. The average Bonchev–Trinajstić information content (AvgIpc) is 3.22. The Morgan fingerprint density at radius 1 is 1.11 bits per heavy atom. The van der Waals surface area contributed by atoms with Gasteiger partial charge in [-0.05, 0) is 49.7 Å². The van der Waals surface area contributed by atoms with E-state index < -0.39 is 0 Å². The Hall–Kier alpha value is -2.24. The molecule has 1 amide bonds. The van der Waals surface area contributed by atoms with E-state index >= 15 is 0 Å². The minimum absolute atomic E-state index is 0.0599. The molecule has 0 spiro atoms. The number of hydrogen-bond acceptors (Lipinski definition) is 4. The third-order valence-corrected chi connectivity index (χ3v) is 5.11. The summed E-state index contributed by atoms with van der Waals surface area (Å²) in [6, 6.07) is 15.2. The van der Waals surface area contributed by atoms with Crippen molar-refractivity contribution in [3.8, 4) is 11.5 Å². The van der Waals surface area contributed by atoms with Crippen LogP contribution in [0.2, 0.25) is 5.02 Å². The van der Waals surface area contributed by atoms with Crippen molar-refractivity contribution in [2.75, 3.05) is 33.4 Å². The lowest BCUT2D eigenvalue weighted by atomic mass is 10.1. The highest BCUT2D eigenvalue weighted by Crippen LogP contribution is 2.30. The van der Waals surface area contributed by atoms with Crippen LogP contribution in [0, 0.1) is 0 Å². The molecule has 0 radical (unpaired) electrons. The molecule has 3 rings (SSSR count). The number of nitrogens with one attached hydrogen (secondary N) is 1. The lowest BCUT2D eigenvalue weighted by Crippen LogP contribution is -2.38. The largest absolute Gasteiger partial charge is 0.493 e. The van der Waals surface area contributed by atoms with Gasteiger partial charge in [0.25, 0.3) is 5.91 Å². The monoisotopic (exact) mass is 388 g/mol. The highest BCUT2D eigenvalue weighted by molar-refractivity contribution is 6.31. The van der Waals surface area contributed by atoms with Crippen molar-refractivity contribution in [2.45, 2.75) is 18.9 Å². The maximum atomic E-state index is 12.3. The van der Waals surface area contributed by atoms with E-state index in [2.05, 4.69) is 10.2 Å².